The highest BCUT2D eigenvalue weighted by molar-refractivity contribution is 4.78. The van der Waals surface area contributed by atoms with Crippen LogP contribution in [0, 0.1) is 5.92 Å². The van der Waals surface area contributed by atoms with Gasteiger partial charge in [-0.1, -0.05) is 40.5 Å². The van der Waals surface area contributed by atoms with Gasteiger partial charge in [-0.2, -0.15) is 0 Å². The Morgan fingerprint density at radius 3 is 2.12 bits per heavy atom. The molecular formula is C14H32N2. The number of likely N-dealkylation sites (N-methyl/N-ethyl adjacent to an activating group) is 1. The summed E-state index contributed by atoms with van der Waals surface area (Å²) >= 11 is 0. The summed E-state index contributed by atoms with van der Waals surface area (Å²) in [6, 6.07) is 1.32. The van der Waals surface area contributed by atoms with Crippen molar-refractivity contribution in [1.29, 1.82) is 0 Å². The average Bonchev–Trinajstić information content (AvgIpc) is 2.21. The molecule has 2 unspecified atom stereocenters. The van der Waals surface area contributed by atoms with Crippen molar-refractivity contribution in [3.8, 4) is 0 Å². The van der Waals surface area contributed by atoms with Crippen molar-refractivity contribution in [1.82, 2.24) is 10.2 Å². The molecule has 0 aliphatic heterocycles. The van der Waals surface area contributed by atoms with Gasteiger partial charge in [-0.05, 0) is 32.9 Å². The maximum Gasteiger partial charge on any atom is 0.0220 e. The topological polar surface area (TPSA) is 15.3 Å². The largest absolute Gasteiger partial charge is 0.310 e. The van der Waals surface area contributed by atoms with Crippen LogP contribution in [0.15, 0.2) is 0 Å². The van der Waals surface area contributed by atoms with E-state index in [0.29, 0.717) is 18.0 Å². The van der Waals surface area contributed by atoms with Crippen LogP contribution in [0.2, 0.25) is 0 Å². The lowest BCUT2D eigenvalue weighted by atomic mass is 10.00. The van der Waals surface area contributed by atoms with Crippen LogP contribution in [0.3, 0.4) is 0 Å². The Labute approximate surface area is 103 Å². The van der Waals surface area contributed by atoms with Gasteiger partial charge in [0.1, 0.15) is 0 Å². The van der Waals surface area contributed by atoms with E-state index in [1.165, 1.54) is 25.7 Å². The second kappa shape index (κ2) is 9.00. The Hall–Kier alpha value is -0.0800. The smallest absolute Gasteiger partial charge is 0.0220 e. The zero-order valence-electron chi connectivity index (χ0n) is 12.2. The Bertz CT molecular complexity index is 155. The SMILES string of the molecule is CCCCC(CC)NC(CN(C)C)C(C)C. The number of hydrogen-bond donors (Lipinski definition) is 1. The van der Waals surface area contributed by atoms with E-state index in [0.717, 1.165) is 6.54 Å². The lowest BCUT2D eigenvalue weighted by molar-refractivity contribution is 0.260. The molecule has 16 heavy (non-hydrogen) atoms. The maximum atomic E-state index is 3.83. The van der Waals surface area contributed by atoms with Gasteiger partial charge >= 0.3 is 0 Å². The van der Waals surface area contributed by atoms with Gasteiger partial charge in [0.25, 0.3) is 0 Å². The first-order chi connectivity index (χ1) is 7.51. The van der Waals surface area contributed by atoms with E-state index in [9.17, 15) is 0 Å². The molecule has 0 aromatic heterocycles. The van der Waals surface area contributed by atoms with Gasteiger partial charge in [0.2, 0.25) is 0 Å². The van der Waals surface area contributed by atoms with E-state index in [2.05, 4.69) is 52.0 Å². The van der Waals surface area contributed by atoms with Crippen molar-refractivity contribution in [2.75, 3.05) is 20.6 Å². The molecular weight excluding hydrogens is 196 g/mol. The number of nitrogens with one attached hydrogen (secondary N) is 1. The van der Waals surface area contributed by atoms with E-state index in [-0.39, 0.29) is 0 Å². The standard InChI is InChI=1S/C14H32N2/c1-7-9-10-13(8-2)15-14(12(3)4)11-16(5)6/h12-15H,7-11H2,1-6H3. The van der Waals surface area contributed by atoms with E-state index in [4.69, 9.17) is 0 Å². The minimum absolute atomic E-state index is 0.622. The van der Waals surface area contributed by atoms with Crippen LogP contribution in [-0.2, 0) is 0 Å². The van der Waals surface area contributed by atoms with Crippen LogP contribution in [0.5, 0.6) is 0 Å². The molecule has 0 rings (SSSR count). The van der Waals surface area contributed by atoms with Gasteiger partial charge in [0.15, 0.2) is 0 Å². The average molecular weight is 228 g/mol. The first-order valence-corrected chi connectivity index (χ1v) is 6.91. The highest BCUT2D eigenvalue weighted by Gasteiger charge is 2.17. The van der Waals surface area contributed by atoms with Gasteiger partial charge in [-0.3, -0.25) is 0 Å². The third-order valence-electron chi connectivity index (χ3n) is 3.22. The van der Waals surface area contributed by atoms with Crippen molar-refractivity contribution >= 4 is 0 Å². The molecule has 0 bridgehead atoms. The van der Waals surface area contributed by atoms with Crippen molar-refractivity contribution < 1.29 is 0 Å². The van der Waals surface area contributed by atoms with Gasteiger partial charge in [-0.15, -0.1) is 0 Å². The highest BCUT2D eigenvalue weighted by atomic mass is 15.1. The zero-order valence-corrected chi connectivity index (χ0v) is 12.2. The monoisotopic (exact) mass is 228 g/mol. The molecule has 0 amide bonds. The summed E-state index contributed by atoms with van der Waals surface area (Å²) in [4.78, 5) is 2.28. The molecule has 2 nitrogen and oxygen atoms in total. The minimum Gasteiger partial charge on any atom is -0.310 e. The van der Waals surface area contributed by atoms with Gasteiger partial charge in [-0.25, -0.2) is 0 Å². The molecule has 0 radical (unpaired) electrons. The van der Waals surface area contributed by atoms with Crippen molar-refractivity contribution in [2.45, 2.75) is 65.5 Å². The Morgan fingerprint density at radius 2 is 1.75 bits per heavy atom. The molecule has 98 valence electrons. The molecule has 2 heteroatoms. The summed E-state index contributed by atoms with van der Waals surface area (Å²) in [6.07, 6.45) is 5.22. The van der Waals surface area contributed by atoms with Crippen LogP contribution in [0.4, 0.5) is 0 Å². The van der Waals surface area contributed by atoms with Crippen LogP contribution < -0.4 is 5.32 Å². The van der Waals surface area contributed by atoms with E-state index in [1.54, 1.807) is 0 Å². The van der Waals surface area contributed by atoms with Crippen molar-refractivity contribution in [3.63, 3.8) is 0 Å². The molecule has 0 heterocycles. The summed E-state index contributed by atoms with van der Waals surface area (Å²) in [5.74, 6) is 0.707. The predicted octanol–water partition coefficient (Wildman–Crippen LogP) is 3.13. The van der Waals surface area contributed by atoms with E-state index < -0.39 is 0 Å². The second-order valence-electron chi connectivity index (χ2n) is 5.53. The lowest BCUT2D eigenvalue weighted by Crippen LogP contribution is -2.46. The fourth-order valence-electron chi connectivity index (χ4n) is 2.01. The molecule has 1 N–H and O–H groups in total. The summed E-state index contributed by atoms with van der Waals surface area (Å²) in [5, 5.41) is 3.83. The summed E-state index contributed by atoms with van der Waals surface area (Å²) in [6.45, 7) is 10.3. The fourth-order valence-corrected chi connectivity index (χ4v) is 2.01. The molecule has 0 saturated heterocycles. The third kappa shape index (κ3) is 7.24. The first-order valence-electron chi connectivity index (χ1n) is 6.91. The molecule has 0 aliphatic rings. The molecule has 0 aliphatic carbocycles. The molecule has 0 fully saturated rings. The fraction of sp³-hybridized carbons (Fsp3) is 1.00. The highest BCUT2D eigenvalue weighted by Crippen LogP contribution is 2.09. The molecule has 0 saturated carbocycles. The van der Waals surface area contributed by atoms with Gasteiger partial charge < -0.3 is 10.2 Å². The normalized spacial score (nSPS) is 15.8. The zero-order chi connectivity index (χ0) is 12.6. The lowest BCUT2D eigenvalue weighted by Gasteiger charge is -2.30. The maximum absolute atomic E-state index is 3.83. The van der Waals surface area contributed by atoms with E-state index in [1.807, 2.05) is 0 Å². The van der Waals surface area contributed by atoms with Crippen LogP contribution in [-0.4, -0.2) is 37.6 Å². The van der Waals surface area contributed by atoms with Crippen LogP contribution >= 0.6 is 0 Å². The van der Waals surface area contributed by atoms with Gasteiger partial charge in [0.05, 0.1) is 0 Å². The van der Waals surface area contributed by atoms with Crippen molar-refractivity contribution in [3.05, 3.63) is 0 Å². The summed E-state index contributed by atoms with van der Waals surface area (Å²) in [5.41, 5.74) is 0. The van der Waals surface area contributed by atoms with Crippen LogP contribution in [0.1, 0.15) is 53.4 Å². The molecule has 2 atom stereocenters. The number of rotatable bonds is 9. The number of nitrogens with zero attached hydrogens (tertiary/aromatic N) is 1. The minimum atomic E-state index is 0.622. The second-order valence-corrected chi connectivity index (χ2v) is 5.53. The molecule has 0 spiro atoms. The van der Waals surface area contributed by atoms with Crippen LogP contribution in [0.25, 0.3) is 0 Å². The summed E-state index contributed by atoms with van der Waals surface area (Å²) < 4.78 is 0. The number of hydrogen-bond acceptors (Lipinski definition) is 2. The Kier molecular flexibility index (Phi) is 8.96. The van der Waals surface area contributed by atoms with Crippen molar-refractivity contribution in [2.24, 2.45) is 5.92 Å². The Morgan fingerprint density at radius 1 is 1.12 bits per heavy atom. The van der Waals surface area contributed by atoms with E-state index >= 15 is 0 Å². The quantitative estimate of drug-likeness (QED) is 0.652. The molecule has 0 aromatic carbocycles. The number of unbranched alkanes of at least 4 members (excludes halogenated alkanes) is 1. The Balaban J connectivity index is 4.12. The molecule has 0 aromatic rings. The van der Waals surface area contributed by atoms with Gasteiger partial charge in [0, 0.05) is 18.6 Å². The third-order valence-corrected chi connectivity index (χ3v) is 3.22. The predicted molar refractivity (Wildman–Crippen MR) is 73.9 cm³/mol. The summed E-state index contributed by atoms with van der Waals surface area (Å²) in [7, 11) is 4.31. The first kappa shape index (κ1) is 15.9.